The van der Waals surface area contributed by atoms with E-state index < -0.39 is 11.2 Å². The molecule has 2 aromatic rings. The molecule has 0 atom stereocenters. The summed E-state index contributed by atoms with van der Waals surface area (Å²) in [7, 11) is 1.59. The maximum absolute atomic E-state index is 12.1. The van der Waals surface area contributed by atoms with Crippen molar-refractivity contribution in [1.29, 1.82) is 0 Å². The van der Waals surface area contributed by atoms with E-state index in [1.807, 2.05) is 4.57 Å². The van der Waals surface area contributed by atoms with Crippen molar-refractivity contribution < 1.29 is 0 Å². The second-order valence-electron chi connectivity index (χ2n) is 5.10. The van der Waals surface area contributed by atoms with Crippen LogP contribution < -0.4 is 16.6 Å². The van der Waals surface area contributed by atoms with E-state index in [1.54, 1.807) is 13.1 Å². The van der Waals surface area contributed by atoms with E-state index in [9.17, 15) is 9.59 Å². The summed E-state index contributed by atoms with van der Waals surface area (Å²) in [5.74, 6) is 0.911. The highest BCUT2D eigenvalue weighted by Crippen LogP contribution is 2.17. The minimum atomic E-state index is -0.466. The van der Waals surface area contributed by atoms with Gasteiger partial charge in [0.1, 0.15) is 0 Å². The van der Waals surface area contributed by atoms with Crippen molar-refractivity contribution >= 4 is 17.1 Å². The van der Waals surface area contributed by atoms with Crippen LogP contribution in [-0.4, -0.2) is 25.6 Å². The topological polar surface area (TPSA) is 84.7 Å². The van der Waals surface area contributed by atoms with Gasteiger partial charge in [-0.15, -0.1) is 6.58 Å². The first-order chi connectivity index (χ1) is 9.45. The second kappa shape index (κ2) is 5.36. The molecule has 0 aliphatic rings. The summed E-state index contributed by atoms with van der Waals surface area (Å²) in [6.07, 6.45) is 1.71. The SMILES string of the molecule is C=CCNc1nc2c(c(=O)[nH]c(=O)n2C)n1CC(C)C. The van der Waals surface area contributed by atoms with Crippen LogP contribution in [0.5, 0.6) is 0 Å². The molecule has 7 heteroatoms. The van der Waals surface area contributed by atoms with Crippen LogP contribution in [0.15, 0.2) is 22.2 Å². The Morgan fingerprint density at radius 2 is 2.15 bits per heavy atom. The number of hydrogen-bond acceptors (Lipinski definition) is 4. The van der Waals surface area contributed by atoms with Crippen molar-refractivity contribution in [3.05, 3.63) is 33.5 Å². The van der Waals surface area contributed by atoms with E-state index in [-0.39, 0.29) is 0 Å². The van der Waals surface area contributed by atoms with Gasteiger partial charge in [0.2, 0.25) is 5.95 Å². The van der Waals surface area contributed by atoms with Gasteiger partial charge in [-0.3, -0.25) is 14.3 Å². The highest BCUT2D eigenvalue weighted by molar-refractivity contribution is 5.74. The van der Waals surface area contributed by atoms with Gasteiger partial charge >= 0.3 is 5.69 Å². The Morgan fingerprint density at radius 3 is 2.75 bits per heavy atom. The van der Waals surface area contributed by atoms with E-state index in [0.29, 0.717) is 36.1 Å². The van der Waals surface area contributed by atoms with Gasteiger partial charge < -0.3 is 9.88 Å². The zero-order valence-corrected chi connectivity index (χ0v) is 11.9. The largest absolute Gasteiger partial charge is 0.352 e. The van der Waals surface area contributed by atoms with Crippen molar-refractivity contribution in [2.24, 2.45) is 13.0 Å². The lowest BCUT2D eigenvalue weighted by Crippen LogP contribution is -2.29. The first-order valence-corrected chi connectivity index (χ1v) is 6.50. The van der Waals surface area contributed by atoms with E-state index in [1.165, 1.54) is 4.57 Å². The molecule has 0 saturated heterocycles. The van der Waals surface area contributed by atoms with Gasteiger partial charge in [0.15, 0.2) is 11.2 Å². The Morgan fingerprint density at radius 1 is 1.45 bits per heavy atom. The fraction of sp³-hybridized carbons (Fsp3) is 0.462. The van der Waals surface area contributed by atoms with Crippen LogP contribution >= 0.6 is 0 Å². The molecule has 0 unspecified atom stereocenters. The summed E-state index contributed by atoms with van der Waals surface area (Å²) < 4.78 is 3.15. The fourth-order valence-corrected chi connectivity index (χ4v) is 2.08. The number of anilines is 1. The average Bonchev–Trinajstić information content (AvgIpc) is 2.72. The van der Waals surface area contributed by atoms with Crippen LogP contribution in [0.1, 0.15) is 13.8 Å². The Balaban J connectivity index is 2.75. The Labute approximate surface area is 116 Å². The van der Waals surface area contributed by atoms with Crippen LogP contribution in [0.4, 0.5) is 5.95 Å². The molecular formula is C13H19N5O2. The summed E-state index contributed by atoms with van der Waals surface area (Å²) in [5, 5.41) is 3.10. The molecule has 0 bridgehead atoms. The smallest absolute Gasteiger partial charge is 0.329 e. The van der Waals surface area contributed by atoms with Gasteiger partial charge in [-0.1, -0.05) is 19.9 Å². The molecule has 0 aliphatic heterocycles. The number of aromatic amines is 1. The van der Waals surface area contributed by atoms with Crippen LogP contribution in [0.3, 0.4) is 0 Å². The Hall–Kier alpha value is -2.31. The molecule has 7 nitrogen and oxygen atoms in total. The number of nitrogens with zero attached hydrogens (tertiary/aromatic N) is 3. The molecule has 0 amide bonds. The van der Waals surface area contributed by atoms with Crippen LogP contribution in [0.25, 0.3) is 11.2 Å². The monoisotopic (exact) mass is 277 g/mol. The van der Waals surface area contributed by atoms with E-state index in [0.717, 1.165) is 0 Å². The molecule has 0 spiro atoms. The molecule has 0 radical (unpaired) electrons. The fourth-order valence-electron chi connectivity index (χ4n) is 2.08. The Kier molecular flexibility index (Phi) is 3.78. The van der Waals surface area contributed by atoms with Gasteiger partial charge in [-0.25, -0.2) is 4.79 Å². The van der Waals surface area contributed by atoms with Gasteiger partial charge in [-0.05, 0) is 5.92 Å². The number of aromatic nitrogens is 4. The lowest BCUT2D eigenvalue weighted by molar-refractivity contribution is 0.535. The second-order valence-corrected chi connectivity index (χ2v) is 5.10. The van der Waals surface area contributed by atoms with Crippen molar-refractivity contribution in [2.45, 2.75) is 20.4 Å². The first-order valence-electron chi connectivity index (χ1n) is 6.50. The molecular weight excluding hydrogens is 258 g/mol. The normalized spacial score (nSPS) is 11.2. The molecule has 0 fully saturated rings. The van der Waals surface area contributed by atoms with Crippen molar-refractivity contribution in [1.82, 2.24) is 19.1 Å². The minimum absolute atomic E-state index is 0.341. The van der Waals surface area contributed by atoms with Crippen molar-refractivity contribution in [3.63, 3.8) is 0 Å². The number of imidazole rings is 1. The third-order valence-corrected chi connectivity index (χ3v) is 2.96. The van der Waals surface area contributed by atoms with E-state index in [4.69, 9.17) is 0 Å². The maximum atomic E-state index is 12.1. The summed E-state index contributed by atoms with van der Waals surface area (Å²) in [6, 6.07) is 0. The molecule has 2 aromatic heterocycles. The number of nitrogens with one attached hydrogen (secondary N) is 2. The number of aryl methyl sites for hydroxylation is 1. The zero-order chi connectivity index (χ0) is 14.9. The molecule has 0 aliphatic carbocycles. The number of H-pyrrole nitrogens is 1. The van der Waals surface area contributed by atoms with Crippen LogP contribution in [-0.2, 0) is 13.6 Å². The summed E-state index contributed by atoms with van der Waals surface area (Å²) >= 11 is 0. The summed E-state index contributed by atoms with van der Waals surface area (Å²) in [6.45, 7) is 8.93. The Bertz CT molecular complexity index is 750. The predicted molar refractivity (Wildman–Crippen MR) is 79.1 cm³/mol. The van der Waals surface area contributed by atoms with Gasteiger partial charge in [0, 0.05) is 20.1 Å². The highest BCUT2D eigenvalue weighted by atomic mass is 16.2. The molecule has 0 saturated carbocycles. The molecule has 0 aromatic carbocycles. The molecule has 2 rings (SSSR count). The highest BCUT2D eigenvalue weighted by Gasteiger charge is 2.17. The van der Waals surface area contributed by atoms with E-state index >= 15 is 0 Å². The number of fused-ring (bicyclic) bond motifs is 1. The standard InChI is InChI=1S/C13H19N5O2/c1-5-6-14-12-15-10-9(18(12)7-8(2)3)11(19)16-13(20)17(10)4/h5,8H,1,6-7H2,2-4H3,(H,14,15)(H,16,19,20). The number of hydrogen-bond donors (Lipinski definition) is 2. The van der Waals surface area contributed by atoms with Gasteiger partial charge in [0.25, 0.3) is 5.56 Å². The average molecular weight is 277 g/mol. The number of rotatable bonds is 5. The van der Waals surface area contributed by atoms with Gasteiger partial charge in [-0.2, -0.15) is 4.98 Å². The van der Waals surface area contributed by atoms with Crippen LogP contribution in [0.2, 0.25) is 0 Å². The van der Waals surface area contributed by atoms with Crippen molar-refractivity contribution in [2.75, 3.05) is 11.9 Å². The summed E-state index contributed by atoms with van der Waals surface area (Å²) in [5.41, 5.74) is -0.0896. The van der Waals surface area contributed by atoms with Crippen molar-refractivity contribution in [3.8, 4) is 0 Å². The minimum Gasteiger partial charge on any atom is -0.352 e. The quantitative estimate of drug-likeness (QED) is 0.787. The first kappa shape index (κ1) is 14.1. The van der Waals surface area contributed by atoms with E-state index in [2.05, 4.69) is 35.7 Å². The third kappa shape index (κ3) is 2.38. The molecule has 2 N–H and O–H groups in total. The molecule has 2 heterocycles. The maximum Gasteiger partial charge on any atom is 0.329 e. The lowest BCUT2D eigenvalue weighted by Gasteiger charge is -2.11. The lowest BCUT2D eigenvalue weighted by atomic mass is 10.2. The zero-order valence-electron chi connectivity index (χ0n) is 11.9. The van der Waals surface area contributed by atoms with Crippen LogP contribution in [0, 0.1) is 5.92 Å². The third-order valence-electron chi connectivity index (χ3n) is 2.96. The predicted octanol–water partition coefficient (Wildman–Crippen LogP) is 0.677. The van der Waals surface area contributed by atoms with Gasteiger partial charge in [0.05, 0.1) is 0 Å². The molecule has 108 valence electrons. The summed E-state index contributed by atoms with van der Waals surface area (Å²) in [4.78, 5) is 30.4. The molecule has 20 heavy (non-hydrogen) atoms.